The molecule has 0 aromatic carbocycles. The van der Waals surface area contributed by atoms with Gasteiger partial charge in [-0.25, -0.2) is 4.98 Å². The van der Waals surface area contributed by atoms with Crippen LogP contribution in [0.4, 0.5) is 0 Å². The van der Waals surface area contributed by atoms with E-state index in [1.54, 1.807) is 20.4 Å². The van der Waals surface area contributed by atoms with Crippen LogP contribution in [0.15, 0.2) is 23.3 Å². The van der Waals surface area contributed by atoms with Gasteiger partial charge in [0.1, 0.15) is 0 Å². The van der Waals surface area contributed by atoms with Crippen molar-refractivity contribution in [1.82, 2.24) is 15.6 Å². The lowest BCUT2D eigenvalue weighted by molar-refractivity contribution is 0.397. The molecule has 0 unspecified atom stereocenters. The Bertz CT molecular complexity index is 385. The van der Waals surface area contributed by atoms with E-state index >= 15 is 0 Å². The number of nitrogens with zero attached hydrogens (tertiary/aromatic N) is 2. The average molecular weight is 378 g/mol. The van der Waals surface area contributed by atoms with Gasteiger partial charge < -0.3 is 15.4 Å². The topological polar surface area (TPSA) is 58.5 Å². The Hall–Kier alpha value is -1.05. The lowest BCUT2D eigenvalue weighted by Crippen LogP contribution is -2.37. The van der Waals surface area contributed by atoms with Crippen molar-refractivity contribution in [1.29, 1.82) is 0 Å². The second-order valence-corrected chi connectivity index (χ2v) is 3.91. The molecule has 0 bridgehead atoms. The third-order valence-corrected chi connectivity index (χ3v) is 2.51. The highest BCUT2D eigenvalue weighted by molar-refractivity contribution is 14.0. The minimum atomic E-state index is 0. The van der Waals surface area contributed by atoms with Crippen LogP contribution < -0.4 is 15.4 Å². The smallest absolute Gasteiger partial charge is 0.213 e. The summed E-state index contributed by atoms with van der Waals surface area (Å²) in [5.41, 5.74) is 1.11. The molecule has 19 heavy (non-hydrogen) atoms. The van der Waals surface area contributed by atoms with E-state index in [2.05, 4.69) is 27.5 Å². The minimum Gasteiger partial charge on any atom is -0.481 e. The first-order chi connectivity index (χ1) is 8.80. The summed E-state index contributed by atoms with van der Waals surface area (Å²) in [5.74, 6) is 1.45. The molecule has 0 atom stereocenters. The van der Waals surface area contributed by atoms with Crippen LogP contribution in [-0.2, 0) is 6.54 Å². The summed E-state index contributed by atoms with van der Waals surface area (Å²) >= 11 is 0. The minimum absolute atomic E-state index is 0. The van der Waals surface area contributed by atoms with E-state index in [0.29, 0.717) is 12.4 Å². The van der Waals surface area contributed by atoms with E-state index in [1.165, 1.54) is 6.42 Å². The van der Waals surface area contributed by atoms with Crippen LogP contribution in [0.3, 0.4) is 0 Å². The van der Waals surface area contributed by atoms with Gasteiger partial charge in [-0.1, -0.05) is 13.3 Å². The SMILES string of the molecule is CCCCNC(=NC)NCc1ccnc(OC)c1.I. The Morgan fingerprint density at radius 3 is 2.84 bits per heavy atom. The Morgan fingerprint density at radius 2 is 2.21 bits per heavy atom. The van der Waals surface area contributed by atoms with Gasteiger partial charge in [-0.05, 0) is 18.1 Å². The number of pyridine rings is 1. The zero-order valence-corrected chi connectivity index (χ0v) is 14.1. The summed E-state index contributed by atoms with van der Waals surface area (Å²) in [4.78, 5) is 8.24. The van der Waals surface area contributed by atoms with Gasteiger partial charge in [-0.2, -0.15) is 0 Å². The van der Waals surface area contributed by atoms with Crippen LogP contribution in [0.1, 0.15) is 25.3 Å². The summed E-state index contributed by atoms with van der Waals surface area (Å²) < 4.78 is 5.08. The molecule has 0 aliphatic heterocycles. The predicted octanol–water partition coefficient (Wildman–Crippen LogP) is 2.17. The lowest BCUT2D eigenvalue weighted by atomic mass is 10.2. The van der Waals surface area contributed by atoms with Crippen LogP contribution in [-0.4, -0.2) is 31.6 Å². The van der Waals surface area contributed by atoms with Crippen LogP contribution >= 0.6 is 24.0 Å². The van der Waals surface area contributed by atoms with Crippen LogP contribution in [0, 0.1) is 0 Å². The second-order valence-electron chi connectivity index (χ2n) is 3.91. The number of unbranched alkanes of at least 4 members (excludes halogenated alkanes) is 1. The van der Waals surface area contributed by atoms with Gasteiger partial charge in [-0.15, -0.1) is 24.0 Å². The molecule has 0 saturated carbocycles. The molecule has 1 heterocycles. The molecule has 2 N–H and O–H groups in total. The molecule has 0 amide bonds. The van der Waals surface area contributed by atoms with Crippen molar-refractivity contribution in [3.05, 3.63) is 23.9 Å². The maximum Gasteiger partial charge on any atom is 0.213 e. The standard InChI is InChI=1S/C13H22N4O.HI/c1-4-5-7-16-13(14-2)17-10-11-6-8-15-12(9-11)18-3;/h6,8-9H,4-5,7,10H2,1-3H3,(H2,14,16,17);1H. The van der Waals surface area contributed by atoms with Crippen molar-refractivity contribution in [2.75, 3.05) is 20.7 Å². The average Bonchev–Trinajstić information content (AvgIpc) is 2.43. The fraction of sp³-hybridized carbons (Fsp3) is 0.538. The fourth-order valence-electron chi connectivity index (χ4n) is 1.46. The van der Waals surface area contributed by atoms with Crippen molar-refractivity contribution < 1.29 is 4.74 Å². The van der Waals surface area contributed by atoms with Crippen LogP contribution in [0.25, 0.3) is 0 Å². The molecule has 1 aromatic rings. The zero-order valence-electron chi connectivity index (χ0n) is 11.8. The van der Waals surface area contributed by atoms with E-state index in [4.69, 9.17) is 4.74 Å². The first kappa shape index (κ1) is 17.9. The molecule has 1 aromatic heterocycles. The Morgan fingerprint density at radius 1 is 1.42 bits per heavy atom. The molecule has 0 radical (unpaired) electrons. The number of aliphatic imine (C=N–C) groups is 1. The molecule has 0 aliphatic carbocycles. The summed E-state index contributed by atoms with van der Waals surface area (Å²) in [6, 6.07) is 3.86. The molecule has 6 heteroatoms. The lowest BCUT2D eigenvalue weighted by Gasteiger charge is -2.11. The normalized spacial score (nSPS) is 10.6. The number of ether oxygens (including phenoxy) is 1. The molecule has 1 rings (SSSR count). The predicted molar refractivity (Wildman–Crippen MR) is 89.3 cm³/mol. The maximum absolute atomic E-state index is 5.08. The number of hydrogen-bond donors (Lipinski definition) is 2. The first-order valence-corrected chi connectivity index (χ1v) is 6.23. The number of methoxy groups -OCH3 is 1. The fourth-order valence-corrected chi connectivity index (χ4v) is 1.46. The van der Waals surface area contributed by atoms with Crippen molar-refractivity contribution >= 4 is 29.9 Å². The van der Waals surface area contributed by atoms with Crippen molar-refractivity contribution in [3.63, 3.8) is 0 Å². The summed E-state index contributed by atoms with van der Waals surface area (Å²) in [5, 5.41) is 6.51. The largest absolute Gasteiger partial charge is 0.481 e. The van der Waals surface area contributed by atoms with Gasteiger partial charge in [0.2, 0.25) is 5.88 Å². The number of rotatable bonds is 6. The monoisotopic (exact) mass is 378 g/mol. The molecule has 0 aliphatic rings. The molecule has 108 valence electrons. The van der Waals surface area contributed by atoms with E-state index in [0.717, 1.165) is 24.5 Å². The van der Waals surface area contributed by atoms with E-state index in [1.807, 2.05) is 12.1 Å². The summed E-state index contributed by atoms with van der Waals surface area (Å²) in [7, 11) is 3.39. The quantitative estimate of drug-likeness (QED) is 0.345. The molecular weight excluding hydrogens is 355 g/mol. The number of hydrogen-bond acceptors (Lipinski definition) is 3. The van der Waals surface area contributed by atoms with Crippen molar-refractivity contribution in [3.8, 4) is 5.88 Å². The van der Waals surface area contributed by atoms with Crippen LogP contribution in [0.5, 0.6) is 5.88 Å². The molecule has 0 spiro atoms. The second kappa shape index (κ2) is 10.8. The third-order valence-electron chi connectivity index (χ3n) is 2.51. The van der Waals surface area contributed by atoms with Crippen molar-refractivity contribution in [2.24, 2.45) is 4.99 Å². The van der Waals surface area contributed by atoms with Gasteiger partial charge >= 0.3 is 0 Å². The van der Waals surface area contributed by atoms with Gasteiger partial charge in [0.25, 0.3) is 0 Å². The summed E-state index contributed by atoms with van der Waals surface area (Å²) in [6.07, 6.45) is 4.05. The van der Waals surface area contributed by atoms with Gasteiger partial charge in [0, 0.05) is 32.4 Å². The highest BCUT2D eigenvalue weighted by atomic mass is 127. The molecule has 5 nitrogen and oxygen atoms in total. The number of halogens is 1. The third kappa shape index (κ3) is 7.19. The molecule has 0 fully saturated rings. The van der Waals surface area contributed by atoms with Crippen molar-refractivity contribution in [2.45, 2.75) is 26.3 Å². The van der Waals surface area contributed by atoms with Gasteiger partial charge in [-0.3, -0.25) is 4.99 Å². The van der Waals surface area contributed by atoms with E-state index < -0.39 is 0 Å². The van der Waals surface area contributed by atoms with E-state index in [-0.39, 0.29) is 24.0 Å². The van der Waals surface area contributed by atoms with Gasteiger partial charge in [0.15, 0.2) is 5.96 Å². The Labute approximate surface area is 132 Å². The number of aromatic nitrogens is 1. The number of nitrogens with one attached hydrogen (secondary N) is 2. The maximum atomic E-state index is 5.08. The van der Waals surface area contributed by atoms with E-state index in [9.17, 15) is 0 Å². The highest BCUT2D eigenvalue weighted by Gasteiger charge is 1.99. The first-order valence-electron chi connectivity index (χ1n) is 6.23. The number of guanidine groups is 1. The van der Waals surface area contributed by atoms with Gasteiger partial charge in [0.05, 0.1) is 7.11 Å². The molecular formula is C13H23IN4O. The van der Waals surface area contributed by atoms with Crippen LogP contribution in [0.2, 0.25) is 0 Å². The zero-order chi connectivity index (χ0) is 13.2. The Kier molecular flexibility index (Phi) is 10.2. The Balaban J connectivity index is 0.00000324. The summed E-state index contributed by atoms with van der Waals surface area (Å²) in [6.45, 7) is 3.81. The highest BCUT2D eigenvalue weighted by Crippen LogP contribution is 2.07. The molecule has 0 saturated heterocycles.